The molecule has 0 fully saturated rings. The molecule has 0 atom stereocenters. The van der Waals surface area contributed by atoms with Crippen LogP contribution in [0, 0.1) is 0 Å². The SMILES string of the molecule is O=C(O)Cc1ccsc1Cl. The third-order valence-electron chi connectivity index (χ3n) is 1.03. The molecule has 0 aliphatic carbocycles. The topological polar surface area (TPSA) is 37.3 Å². The molecule has 4 heteroatoms. The zero-order valence-corrected chi connectivity index (χ0v) is 6.58. The number of halogens is 1. The molecule has 0 spiro atoms. The average molecular weight is 177 g/mol. The number of hydrogen-bond donors (Lipinski definition) is 1. The van der Waals surface area contributed by atoms with Crippen molar-refractivity contribution in [2.24, 2.45) is 0 Å². The summed E-state index contributed by atoms with van der Waals surface area (Å²) in [5.41, 5.74) is 0.694. The normalized spacial score (nSPS) is 9.70. The number of thiophene rings is 1. The van der Waals surface area contributed by atoms with Crippen LogP contribution in [0.5, 0.6) is 0 Å². The lowest BCUT2D eigenvalue weighted by Crippen LogP contribution is -1.98. The Morgan fingerprint density at radius 1 is 1.80 bits per heavy atom. The Balaban J connectivity index is 2.74. The Labute approximate surface area is 67.1 Å². The fraction of sp³-hybridized carbons (Fsp3) is 0.167. The summed E-state index contributed by atoms with van der Waals surface area (Å²) in [5.74, 6) is -0.847. The van der Waals surface area contributed by atoms with E-state index in [1.807, 2.05) is 0 Å². The first kappa shape index (κ1) is 7.57. The van der Waals surface area contributed by atoms with Crippen LogP contribution < -0.4 is 0 Å². The van der Waals surface area contributed by atoms with Crippen LogP contribution in [-0.2, 0) is 11.2 Å². The van der Waals surface area contributed by atoms with E-state index in [2.05, 4.69) is 0 Å². The van der Waals surface area contributed by atoms with Gasteiger partial charge in [-0.3, -0.25) is 4.79 Å². The van der Waals surface area contributed by atoms with Crippen molar-refractivity contribution < 1.29 is 9.90 Å². The maximum Gasteiger partial charge on any atom is 0.307 e. The molecule has 0 saturated heterocycles. The molecule has 0 radical (unpaired) electrons. The summed E-state index contributed by atoms with van der Waals surface area (Å²) in [6.45, 7) is 0. The molecule has 1 rings (SSSR count). The van der Waals surface area contributed by atoms with Crippen LogP contribution in [0.1, 0.15) is 5.56 Å². The zero-order chi connectivity index (χ0) is 7.56. The van der Waals surface area contributed by atoms with Gasteiger partial charge < -0.3 is 5.11 Å². The van der Waals surface area contributed by atoms with Crippen molar-refractivity contribution in [1.82, 2.24) is 0 Å². The average Bonchev–Trinajstić information content (AvgIpc) is 2.15. The molecule has 10 heavy (non-hydrogen) atoms. The fourth-order valence-electron chi connectivity index (χ4n) is 0.608. The van der Waals surface area contributed by atoms with E-state index < -0.39 is 5.97 Å². The molecule has 1 aromatic heterocycles. The maximum atomic E-state index is 10.2. The van der Waals surface area contributed by atoms with Gasteiger partial charge in [0.2, 0.25) is 0 Å². The van der Waals surface area contributed by atoms with E-state index in [4.69, 9.17) is 16.7 Å². The molecule has 0 bridgehead atoms. The Bertz CT molecular complexity index is 244. The highest BCUT2D eigenvalue weighted by Crippen LogP contribution is 2.22. The predicted octanol–water partition coefficient (Wildman–Crippen LogP) is 2.03. The lowest BCUT2D eigenvalue weighted by molar-refractivity contribution is -0.136. The molecule has 0 saturated carbocycles. The summed E-state index contributed by atoms with van der Waals surface area (Å²) in [6, 6.07) is 1.72. The summed E-state index contributed by atoms with van der Waals surface area (Å²) in [7, 11) is 0. The Morgan fingerprint density at radius 3 is 2.90 bits per heavy atom. The van der Waals surface area contributed by atoms with Gasteiger partial charge in [-0.15, -0.1) is 11.3 Å². The summed E-state index contributed by atoms with van der Waals surface area (Å²) in [6.07, 6.45) is 0.0162. The van der Waals surface area contributed by atoms with Crippen molar-refractivity contribution >= 4 is 28.9 Å². The minimum atomic E-state index is -0.847. The van der Waals surface area contributed by atoms with Gasteiger partial charge >= 0.3 is 5.97 Å². The molecule has 0 aromatic carbocycles. The smallest absolute Gasteiger partial charge is 0.307 e. The summed E-state index contributed by atoms with van der Waals surface area (Å²) < 4.78 is 0.572. The summed E-state index contributed by atoms with van der Waals surface area (Å²) in [4.78, 5) is 10.2. The van der Waals surface area contributed by atoms with Crippen molar-refractivity contribution in [2.75, 3.05) is 0 Å². The molecule has 0 unspecified atom stereocenters. The van der Waals surface area contributed by atoms with Gasteiger partial charge in [-0.05, 0) is 17.0 Å². The minimum absolute atomic E-state index is 0.0162. The lowest BCUT2D eigenvalue weighted by Gasteiger charge is -1.89. The molecule has 0 aliphatic rings. The Morgan fingerprint density at radius 2 is 2.50 bits per heavy atom. The van der Waals surface area contributed by atoms with Crippen molar-refractivity contribution in [1.29, 1.82) is 0 Å². The number of carboxylic acids is 1. The van der Waals surface area contributed by atoms with Gasteiger partial charge in [-0.2, -0.15) is 0 Å². The van der Waals surface area contributed by atoms with Crippen LogP contribution in [0.3, 0.4) is 0 Å². The van der Waals surface area contributed by atoms with Gasteiger partial charge in [0.1, 0.15) is 0 Å². The van der Waals surface area contributed by atoms with E-state index in [1.165, 1.54) is 11.3 Å². The molecule has 1 aromatic rings. The molecular formula is C6H5ClO2S. The second-order valence-corrected chi connectivity index (χ2v) is 3.31. The van der Waals surface area contributed by atoms with E-state index in [0.717, 1.165) is 0 Å². The quantitative estimate of drug-likeness (QED) is 0.749. The molecule has 0 amide bonds. The largest absolute Gasteiger partial charge is 0.481 e. The maximum absolute atomic E-state index is 10.2. The number of aliphatic carboxylic acids is 1. The second-order valence-electron chi connectivity index (χ2n) is 1.79. The van der Waals surface area contributed by atoms with Crippen molar-refractivity contribution in [3.63, 3.8) is 0 Å². The Kier molecular flexibility index (Phi) is 2.29. The van der Waals surface area contributed by atoms with E-state index >= 15 is 0 Å². The number of carbonyl (C=O) groups is 1. The van der Waals surface area contributed by atoms with Crippen molar-refractivity contribution in [3.8, 4) is 0 Å². The number of hydrogen-bond acceptors (Lipinski definition) is 2. The highest BCUT2D eigenvalue weighted by molar-refractivity contribution is 7.14. The van der Waals surface area contributed by atoms with Gasteiger partial charge in [0.25, 0.3) is 0 Å². The van der Waals surface area contributed by atoms with Crippen LogP contribution in [0.2, 0.25) is 4.34 Å². The van der Waals surface area contributed by atoms with Gasteiger partial charge in [0.05, 0.1) is 10.8 Å². The molecule has 1 heterocycles. The van der Waals surface area contributed by atoms with E-state index in [9.17, 15) is 4.79 Å². The summed E-state index contributed by atoms with van der Waals surface area (Å²) >= 11 is 6.99. The zero-order valence-electron chi connectivity index (χ0n) is 5.00. The standard InChI is InChI=1S/C6H5ClO2S/c7-6-4(1-2-10-6)3-5(8)9/h1-2H,3H2,(H,8,9). The van der Waals surface area contributed by atoms with E-state index in [1.54, 1.807) is 11.4 Å². The molecule has 54 valence electrons. The van der Waals surface area contributed by atoms with Crippen molar-refractivity contribution in [3.05, 3.63) is 21.3 Å². The van der Waals surface area contributed by atoms with Crippen molar-refractivity contribution in [2.45, 2.75) is 6.42 Å². The van der Waals surface area contributed by atoms with Gasteiger partial charge in [-0.1, -0.05) is 11.6 Å². The number of carboxylic acid groups (broad SMARTS) is 1. The van der Waals surface area contributed by atoms with E-state index in [0.29, 0.717) is 9.90 Å². The van der Waals surface area contributed by atoms with E-state index in [-0.39, 0.29) is 6.42 Å². The minimum Gasteiger partial charge on any atom is -0.481 e. The highest BCUT2D eigenvalue weighted by atomic mass is 35.5. The van der Waals surface area contributed by atoms with Crippen LogP contribution in [0.15, 0.2) is 11.4 Å². The highest BCUT2D eigenvalue weighted by Gasteiger charge is 2.04. The third kappa shape index (κ3) is 1.72. The first-order chi connectivity index (χ1) is 4.70. The van der Waals surface area contributed by atoms with Gasteiger partial charge in [0, 0.05) is 0 Å². The molecule has 0 aliphatic heterocycles. The Hall–Kier alpha value is -0.540. The predicted molar refractivity (Wildman–Crippen MR) is 40.7 cm³/mol. The number of rotatable bonds is 2. The van der Waals surface area contributed by atoms with Gasteiger partial charge in [-0.25, -0.2) is 0 Å². The second kappa shape index (κ2) is 3.03. The molecule has 1 N–H and O–H groups in total. The molecule has 2 nitrogen and oxygen atoms in total. The first-order valence-electron chi connectivity index (χ1n) is 2.64. The van der Waals surface area contributed by atoms with Crippen LogP contribution in [0.4, 0.5) is 0 Å². The monoisotopic (exact) mass is 176 g/mol. The van der Waals surface area contributed by atoms with Crippen LogP contribution in [-0.4, -0.2) is 11.1 Å². The van der Waals surface area contributed by atoms with Crippen LogP contribution >= 0.6 is 22.9 Å². The lowest BCUT2D eigenvalue weighted by atomic mass is 10.2. The summed E-state index contributed by atoms with van der Waals surface area (Å²) in [5, 5.41) is 10.1. The molecular weight excluding hydrogens is 172 g/mol. The van der Waals surface area contributed by atoms with Crippen LogP contribution in [0.25, 0.3) is 0 Å². The third-order valence-corrected chi connectivity index (χ3v) is 2.29. The first-order valence-corrected chi connectivity index (χ1v) is 3.89. The van der Waals surface area contributed by atoms with Gasteiger partial charge in [0.15, 0.2) is 0 Å². The fourth-order valence-corrected chi connectivity index (χ4v) is 1.54.